The standard InChI is InChI=1S/C12H15N5O2/c13-9-10-12(16-4-3-14-10)15-2-1-11(18)17-5-7-19-8-6-17/h3-4H,1-2,5-8H2,(H,15,16). The summed E-state index contributed by atoms with van der Waals surface area (Å²) in [5, 5.41) is 11.8. The molecule has 1 aliphatic rings. The molecule has 1 N–H and O–H groups in total. The van der Waals surface area contributed by atoms with E-state index < -0.39 is 0 Å². The average molecular weight is 261 g/mol. The number of morpholine rings is 1. The van der Waals surface area contributed by atoms with Crippen molar-refractivity contribution in [3.05, 3.63) is 18.1 Å². The second kappa shape index (κ2) is 6.66. The van der Waals surface area contributed by atoms with Crippen LogP contribution in [0.1, 0.15) is 12.1 Å². The van der Waals surface area contributed by atoms with E-state index in [1.165, 1.54) is 12.4 Å². The lowest BCUT2D eigenvalue weighted by Gasteiger charge is -2.26. The molecular weight excluding hydrogens is 246 g/mol. The van der Waals surface area contributed by atoms with Crippen molar-refractivity contribution in [3.8, 4) is 6.07 Å². The van der Waals surface area contributed by atoms with Gasteiger partial charge in [0.15, 0.2) is 11.5 Å². The summed E-state index contributed by atoms with van der Waals surface area (Å²) in [6, 6.07) is 1.95. The number of carbonyl (C=O) groups excluding carboxylic acids is 1. The number of nitrogens with one attached hydrogen (secondary N) is 1. The number of nitriles is 1. The largest absolute Gasteiger partial charge is 0.378 e. The number of ether oxygens (including phenoxy) is 1. The number of anilines is 1. The van der Waals surface area contributed by atoms with Gasteiger partial charge in [-0.2, -0.15) is 5.26 Å². The smallest absolute Gasteiger partial charge is 0.224 e. The van der Waals surface area contributed by atoms with Crippen LogP contribution in [0.15, 0.2) is 12.4 Å². The molecule has 0 spiro atoms. The van der Waals surface area contributed by atoms with E-state index in [1.54, 1.807) is 4.90 Å². The van der Waals surface area contributed by atoms with Crippen LogP contribution in [0.25, 0.3) is 0 Å². The number of amides is 1. The summed E-state index contributed by atoms with van der Waals surface area (Å²) in [6.45, 7) is 2.92. The molecule has 0 radical (unpaired) electrons. The van der Waals surface area contributed by atoms with E-state index in [-0.39, 0.29) is 11.6 Å². The van der Waals surface area contributed by atoms with Crippen molar-refractivity contribution in [1.82, 2.24) is 14.9 Å². The van der Waals surface area contributed by atoms with Crippen molar-refractivity contribution in [2.24, 2.45) is 0 Å². The Kier molecular flexibility index (Phi) is 4.64. The maximum absolute atomic E-state index is 11.9. The van der Waals surface area contributed by atoms with Gasteiger partial charge in [-0.05, 0) is 0 Å². The number of rotatable bonds is 4. The van der Waals surface area contributed by atoms with E-state index in [0.717, 1.165) is 0 Å². The fourth-order valence-electron chi connectivity index (χ4n) is 1.81. The first-order valence-corrected chi connectivity index (χ1v) is 6.12. The van der Waals surface area contributed by atoms with Crippen LogP contribution in [0.3, 0.4) is 0 Å². The van der Waals surface area contributed by atoms with Gasteiger partial charge in [0.2, 0.25) is 5.91 Å². The van der Waals surface area contributed by atoms with Gasteiger partial charge in [-0.3, -0.25) is 4.79 Å². The van der Waals surface area contributed by atoms with Crippen LogP contribution in [0.2, 0.25) is 0 Å². The molecule has 1 aromatic heterocycles. The Morgan fingerprint density at radius 3 is 2.89 bits per heavy atom. The maximum atomic E-state index is 11.9. The average Bonchev–Trinajstić information content (AvgIpc) is 2.48. The topological polar surface area (TPSA) is 91.1 Å². The van der Waals surface area contributed by atoms with Crippen LogP contribution in [0.4, 0.5) is 5.82 Å². The lowest BCUT2D eigenvalue weighted by atomic mass is 10.3. The molecule has 0 aliphatic carbocycles. The van der Waals surface area contributed by atoms with Crippen molar-refractivity contribution in [2.75, 3.05) is 38.2 Å². The lowest BCUT2D eigenvalue weighted by Crippen LogP contribution is -2.41. The van der Waals surface area contributed by atoms with Gasteiger partial charge in [-0.1, -0.05) is 0 Å². The molecule has 0 saturated carbocycles. The molecule has 0 bridgehead atoms. The Bertz CT molecular complexity index is 479. The summed E-state index contributed by atoms with van der Waals surface area (Å²) in [5.74, 6) is 0.498. The number of nitrogens with zero attached hydrogens (tertiary/aromatic N) is 4. The van der Waals surface area contributed by atoms with Gasteiger partial charge in [0, 0.05) is 38.4 Å². The van der Waals surface area contributed by atoms with Crippen molar-refractivity contribution < 1.29 is 9.53 Å². The van der Waals surface area contributed by atoms with E-state index in [0.29, 0.717) is 45.1 Å². The highest BCUT2D eigenvalue weighted by molar-refractivity contribution is 5.76. The van der Waals surface area contributed by atoms with Crippen molar-refractivity contribution in [2.45, 2.75) is 6.42 Å². The van der Waals surface area contributed by atoms with E-state index in [4.69, 9.17) is 10.00 Å². The van der Waals surface area contributed by atoms with Gasteiger partial charge in [-0.25, -0.2) is 9.97 Å². The third-order valence-electron chi connectivity index (χ3n) is 2.80. The number of hydrogen-bond donors (Lipinski definition) is 1. The normalized spacial score (nSPS) is 14.8. The van der Waals surface area contributed by atoms with Crippen LogP contribution in [-0.4, -0.2) is 53.6 Å². The van der Waals surface area contributed by atoms with Gasteiger partial charge >= 0.3 is 0 Å². The first-order chi connectivity index (χ1) is 9.31. The van der Waals surface area contributed by atoms with Gasteiger partial charge in [0.1, 0.15) is 6.07 Å². The monoisotopic (exact) mass is 261 g/mol. The molecule has 1 aliphatic heterocycles. The van der Waals surface area contributed by atoms with Crippen LogP contribution in [-0.2, 0) is 9.53 Å². The summed E-state index contributed by atoms with van der Waals surface area (Å²) in [4.78, 5) is 21.6. The second-order valence-electron chi connectivity index (χ2n) is 4.04. The van der Waals surface area contributed by atoms with Gasteiger partial charge in [0.05, 0.1) is 13.2 Å². The molecule has 1 amide bonds. The van der Waals surface area contributed by atoms with Crippen molar-refractivity contribution in [1.29, 1.82) is 5.26 Å². The van der Waals surface area contributed by atoms with Crippen LogP contribution in [0.5, 0.6) is 0 Å². The first kappa shape index (κ1) is 13.2. The molecule has 1 aromatic rings. The van der Waals surface area contributed by atoms with E-state index >= 15 is 0 Å². The molecule has 2 rings (SSSR count). The fourth-order valence-corrected chi connectivity index (χ4v) is 1.81. The number of carbonyl (C=O) groups is 1. The predicted molar refractivity (Wildman–Crippen MR) is 67.3 cm³/mol. The molecule has 7 heteroatoms. The van der Waals surface area contributed by atoms with E-state index in [1.807, 2.05) is 6.07 Å². The zero-order valence-corrected chi connectivity index (χ0v) is 10.5. The van der Waals surface area contributed by atoms with Crippen LogP contribution in [0, 0.1) is 11.3 Å². The van der Waals surface area contributed by atoms with E-state index in [9.17, 15) is 4.79 Å². The Morgan fingerprint density at radius 2 is 2.16 bits per heavy atom. The molecule has 2 heterocycles. The zero-order chi connectivity index (χ0) is 13.5. The van der Waals surface area contributed by atoms with Gasteiger partial charge in [-0.15, -0.1) is 0 Å². The molecular formula is C12H15N5O2. The number of hydrogen-bond acceptors (Lipinski definition) is 6. The van der Waals surface area contributed by atoms with Crippen molar-refractivity contribution >= 4 is 11.7 Å². The van der Waals surface area contributed by atoms with E-state index in [2.05, 4.69) is 15.3 Å². The number of aromatic nitrogens is 2. The first-order valence-electron chi connectivity index (χ1n) is 6.12. The Morgan fingerprint density at radius 1 is 1.42 bits per heavy atom. The summed E-state index contributed by atoms with van der Waals surface area (Å²) >= 11 is 0. The summed E-state index contributed by atoms with van der Waals surface area (Å²) in [5.41, 5.74) is 0.237. The third-order valence-corrected chi connectivity index (χ3v) is 2.80. The van der Waals surface area contributed by atoms with Gasteiger partial charge in [0.25, 0.3) is 0 Å². The van der Waals surface area contributed by atoms with Crippen molar-refractivity contribution in [3.63, 3.8) is 0 Å². The molecule has 0 aromatic carbocycles. The third kappa shape index (κ3) is 3.63. The molecule has 1 fully saturated rings. The van der Waals surface area contributed by atoms with Crippen LogP contribution >= 0.6 is 0 Å². The summed E-state index contributed by atoms with van der Waals surface area (Å²) < 4.78 is 5.19. The quantitative estimate of drug-likeness (QED) is 0.821. The minimum Gasteiger partial charge on any atom is -0.378 e. The highest BCUT2D eigenvalue weighted by atomic mass is 16.5. The zero-order valence-electron chi connectivity index (χ0n) is 10.5. The molecule has 100 valence electrons. The summed E-state index contributed by atoms with van der Waals surface area (Å²) in [6.07, 6.45) is 3.33. The SMILES string of the molecule is N#Cc1nccnc1NCCC(=O)N1CCOCC1. The highest BCUT2D eigenvalue weighted by Gasteiger charge is 2.16. The van der Waals surface area contributed by atoms with Gasteiger partial charge < -0.3 is 15.0 Å². The summed E-state index contributed by atoms with van der Waals surface area (Å²) in [7, 11) is 0. The minimum atomic E-state index is 0.0817. The maximum Gasteiger partial charge on any atom is 0.224 e. The van der Waals surface area contributed by atoms with Crippen LogP contribution < -0.4 is 5.32 Å². The Hall–Kier alpha value is -2.20. The minimum absolute atomic E-state index is 0.0817. The Balaban J connectivity index is 1.80. The molecule has 1 saturated heterocycles. The Labute approximate surface area is 111 Å². The molecule has 7 nitrogen and oxygen atoms in total. The predicted octanol–water partition coefficient (Wildman–Crippen LogP) is 0.00908. The molecule has 0 unspecified atom stereocenters. The molecule has 0 atom stereocenters. The fraction of sp³-hybridized carbons (Fsp3) is 0.500. The molecule has 19 heavy (non-hydrogen) atoms. The lowest BCUT2D eigenvalue weighted by molar-refractivity contribution is -0.134. The second-order valence-corrected chi connectivity index (χ2v) is 4.04. The highest BCUT2D eigenvalue weighted by Crippen LogP contribution is 2.07.